The topological polar surface area (TPSA) is 97.4 Å². The molecule has 1 fully saturated rings. The van der Waals surface area contributed by atoms with Crippen LogP contribution in [0.2, 0.25) is 0 Å². The summed E-state index contributed by atoms with van der Waals surface area (Å²) in [6.07, 6.45) is 1.51. The molecule has 2 aromatic rings. The third-order valence-corrected chi connectivity index (χ3v) is 3.53. The van der Waals surface area contributed by atoms with Gasteiger partial charge in [-0.1, -0.05) is 12.1 Å². The Morgan fingerprint density at radius 3 is 2.70 bits per heavy atom. The summed E-state index contributed by atoms with van der Waals surface area (Å²) >= 11 is 4.84. The minimum Gasteiger partial charge on any atom is -0.457 e. The van der Waals surface area contributed by atoms with E-state index in [0.29, 0.717) is 22.6 Å². The van der Waals surface area contributed by atoms with Crippen LogP contribution in [-0.4, -0.2) is 15.9 Å². The molecule has 7 nitrogen and oxygen atoms in total. The van der Waals surface area contributed by atoms with Crippen LogP contribution >= 0.6 is 12.2 Å². The third kappa shape index (κ3) is 2.97. The SMILES string of the molecule is Cc1ccc(-c2ccc(/C=C3/NC(=S)NC3=O)o2)cc1[N+](=O)[O-]. The molecule has 0 aliphatic carbocycles. The van der Waals surface area contributed by atoms with Gasteiger partial charge in [-0.2, -0.15) is 0 Å². The fourth-order valence-electron chi connectivity index (χ4n) is 2.17. The summed E-state index contributed by atoms with van der Waals surface area (Å²) in [5.41, 5.74) is 1.48. The van der Waals surface area contributed by atoms with Gasteiger partial charge in [0.15, 0.2) is 5.11 Å². The van der Waals surface area contributed by atoms with Gasteiger partial charge in [-0.15, -0.1) is 0 Å². The van der Waals surface area contributed by atoms with Crippen LogP contribution in [0, 0.1) is 17.0 Å². The van der Waals surface area contributed by atoms with Crippen molar-refractivity contribution in [3.8, 4) is 11.3 Å². The molecule has 1 saturated heterocycles. The standard InChI is InChI=1S/C15H11N3O4S/c1-8-2-3-9(6-12(8)18(20)21)13-5-4-10(22-13)7-11-14(19)17-15(23)16-11/h2-7H,1H3,(H2,16,17,19,23)/b11-7+. The molecule has 0 unspecified atom stereocenters. The number of nitrogens with zero attached hydrogens (tertiary/aromatic N) is 1. The lowest BCUT2D eigenvalue weighted by Gasteiger charge is -2.00. The predicted molar refractivity (Wildman–Crippen MR) is 87.4 cm³/mol. The second-order valence-electron chi connectivity index (χ2n) is 4.93. The molecule has 0 saturated carbocycles. The Morgan fingerprint density at radius 1 is 1.26 bits per heavy atom. The normalized spacial score (nSPS) is 15.6. The summed E-state index contributed by atoms with van der Waals surface area (Å²) in [6.45, 7) is 1.67. The van der Waals surface area contributed by atoms with Crippen molar-refractivity contribution in [3.05, 3.63) is 57.5 Å². The van der Waals surface area contributed by atoms with Crippen LogP contribution in [0.3, 0.4) is 0 Å². The van der Waals surface area contributed by atoms with Crippen molar-refractivity contribution in [1.29, 1.82) is 0 Å². The van der Waals surface area contributed by atoms with E-state index in [-0.39, 0.29) is 22.4 Å². The van der Waals surface area contributed by atoms with Gasteiger partial charge in [-0.3, -0.25) is 20.2 Å². The van der Waals surface area contributed by atoms with E-state index in [1.165, 1.54) is 12.1 Å². The van der Waals surface area contributed by atoms with Crippen LogP contribution in [0.1, 0.15) is 11.3 Å². The Morgan fingerprint density at radius 2 is 2.04 bits per heavy atom. The van der Waals surface area contributed by atoms with E-state index in [1.54, 1.807) is 31.2 Å². The van der Waals surface area contributed by atoms with Gasteiger partial charge in [-0.25, -0.2) is 0 Å². The van der Waals surface area contributed by atoms with E-state index >= 15 is 0 Å². The number of hydrogen-bond acceptors (Lipinski definition) is 5. The number of benzene rings is 1. The van der Waals surface area contributed by atoms with Crippen molar-refractivity contribution < 1.29 is 14.1 Å². The van der Waals surface area contributed by atoms with Crippen LogP contribution in [0.4, 0.5) is 5.69 Å². The molecule has 8 heteroatoms. The van der Waals surface area contributed by atoms with Crippen molar-refractivity contribution in [1.82, 2.24) is 10.6 Å². The molecule has 1 aliphatic rings. The summed E-state index contributed by atoms with van der Waals surface area (Å²) in [5.74, 6) is 0.574. The highest BCUT2D eigenvalue weighted by Gasteiger charge is 2.20. The molecule has 116 valence electrons. The number of furan rings is 1. The monoisotopic (exact) mass is 329 g/mol. The molecule has 1 aliphatic heterocycles. The molecule has 2 N–H and O–H groups in total. The predicted octanol–water partition coefficient (Wildman–Crippen LogP) is 2.51. The largest absolute Gasteiger partial charge is 0.457 e. The van der Waals surface area contributed by atoms with E-state index < -0.39 is 4.92 Å². The van der Waals surface area contributed by atoms with Gasteiger partial charge in [0.2, 0.25) is 0 Å². The maximum Gasteiger partial charge on any atom is 0.274 e. The number of carbonyl (C=O) groups is 1. The molecule has 0 bridgehead atoms. The van der Waals surface area contributed by atoms with Gasteiger partial charge in [0.1, 0.15) is 17.2 Å². The molecular formula is C15H11N3O4S. The first-order chi connectivity index (χ1) is 10.9. The number of rotatable bonds is 3. The summed E-state index contributed by atoms with van der Waals surface area (Å²) < 4.78 is 5.63. The van der Waals surface area contributed by atoms with Gasteiger partial charge in [0, 0.05) is 23.3 Å². The quantitative estimate of drug-likeness (QED) is 0.389. The lowest BCUT2D eigenvalue weighted by atomic mass is 10.1. The van der Waals surface area contributed by atoms with Gasteiger partial charge >= 0.3 is 0 Å². The third-order valence-electron chi connectivity index (χ3n) is 3.32. The lowest BCUT2D eigenvalue weighted by Crippen LogP contribution is -2.21. The number of hydrogen-bond donors (Lipinski definition) is 2. The number of thiocarbonyl (C=S) groups is 1. The summed E-state index contributed by atoms with van der Waals surface area (Å²) in [4.78, 5) is 22.2. The molecule has 1 aromatic carbocycles. The van der Waals surface area contributed by atoms with Gasteiger partial charge in [0.25, 0.3) is 11.6 Å². The summed E-state index contributed by atoms with van der Waals surface area (Å²) in [7, 11) is 0. The van der Waals surface area contributed by atoms with Crippen molar-refractivity contribution in [2.45, 2.75) is 6.92 Å². The highest BCUT2D eigenvalue weighted by molar-refractivity contribution is 7.80. The second kappa shape index (κ2) is 5.65. The van der Waals surface area contributed by atoms with E-state index in [4.69, 9.17) is 16.6 Å². The Labute approximate surface area is 136 Å². The van der Waals surface area contributed by atoms with E-state index in [0.717, 1.165) is 0 Å². The fourth-order valence-corrected chi connectivity index (χ4v) is 2.37. The minimum atomic E-state index is -0.432. The Hall–Kier alpha value is -3.00. The molecular weight excluding hydrogens is 318 g/mol. The highest BCUT2D eigenvalue weighted by Crippen LogP contribution is 2.28. The van der Waals surface area contributed by atoms with E-state index in [1.807, 2.05) is 0 Å². The lowest BCUT2D eigenvalue weighted by molar-refractivity contribution is -0.385. The first-order valence-corrected chi connectivity index (χ1v) is 7.04. The van der Waals surface area contributed by atoms with Crippen LogP contribution in [0.25, 0.3) is 17.4 Å². The number of aryl methyl sites for hydroxylation is 1. The van der Waals surface area contributed by atoms with Crippen molar-refractivity contribution in [3.63, 3.8) is 0 Å². The van der Waals surface area contributed by atoms with E-state index in [9.17, 15) is 14.9 Å². The maximum absolute atomic E-state index is 11.6. The van der Waals surface area contributed by atoms with Gasteiger partial charge in [-0.05, 0) is 31.3 Å². The number of amides is 1. The van der Waals surface area contributed by atoms with Gasteiger partial charge < -0.3 is 9.73 Å². The van der Waals surface area contributed by atoms with Crippen molar-refractivity contribution in [2.75, 3.05) is 0 Å². The minimum absolute atomic E-state index is 0.0287. The molecule has 1 amide bonds. The molecule has 23 heavy (non-hydrogen) atoms. The average Bonchev–Trinajstić information content (AvgIpc) is 3.06. The van der Waals surface area contributed by atoms with Crippen molar-refractivity contribution >= 4 is 35.0 Å². The van der Waals surface area contributed by atoms with Crippen LogP contribution in [0.15, 0.2) is 40.4 Å². The Balaban J connectivity index is 1.92. The Kier molecular flexibility index (Phi) is 3.67. The van der Waals surface area contributed by atoms with Crippen molar-refractivity contribution in [2.24, 2.45) is 0 Å². The fraction of sp³-hybridized carbons (Fsp3) is 0.0667. The molecule has 0 spiro atoms. The Bertz CT molecular complexity index is 869. The zero-order chi connectivity index (χ0) is 16.6. The van der Waals surface area contributed by atoms with Crippen LogP contribution < -0.4 is 10.6 Å². The zero-order valence-electron chi connectivity index (χ0n) is 12.0. The first kappa shape index (κ1) is 14.9. The summed E-state index contributed by atoms with van der Waals surface area (Å²) in [6, 6.07) is 8.23. The number of nitro groups is 1. The zero-order valence-corrected chi connectivity index (χ0v) is 12.8. The number of nitrogens with one attached hydrogen (secondary N) is 2. The number of nitro benzene ring substituents is 1. The molecule has 3 rings (SSSR count). The van der Waals surface area contributed by atoms with Gasteiger partial charge in [0.05, 0.1) is 4.92 Å². The number of carbonyl (C=O) groups excluding carboxylic acids is 1. The maximum atomic E-state index is 11.6. The molecule has 0 radical (unpaired) electrons. The molecule has 1 aromatic heterocycles. The molecule has 2 heterocycles. The van der Waals surface area contributed by atoms with E-state index in [2.05, 4.69) is 10.6 Å². The summed E-state index contributed by atoms with van der Waals surface area (Å²) in [5, 5.41) is 16.4. The molecule has 0 atom stereocenters. The first-order valence-electron chi connectivity index (χ1n) is 6.63. The highest BCUT2D eigenvalue weighted by atomic mass is 32.1. The van der Waals surface area contributed by atoms with Crippen LogP contribution in [0.5, 0.6) is 0 Å². The second-order valence-corrected chi connectivity index (χ2v) is 5.33. The smallest absolute Gasteiger partial charge is 0.274 e. The van der Waals surface area contributed by atoms with Crippen LogP contribution in [-0.2, 0) is 4.79 Å². The average molecular weight is 329 g/mol.